The van der Waals surface area contributed by atoms with Crippen molar-refractivity contribution in [3.8, 4) is 5.75 Å². The first kappa shape index (κ1) is 12.7. The van der Waals surface area contributed by atoms with E-state index < -0.39 is 0 Å². The van der Waals surface area contributed by atoms with Crippen LogP contribution in [-0.4, -0.2) is 41.7 Å². The molecule has 18 heavy (non-hydrogen) atoms. The molecule has 2 nitrogen and oxygen atoms in total. The van der Waals surface area contributed by atoms with Gasteiger partial charge in [-0.2, -0.15) is 23.5 Å². The van der Waals surface area contributed by atoms with E-state index in [4.69, 9.17) is 4.74 Å². The highest BCUT2D eigenvalue weighted by Crippen LogP contribution is 2.28. The highest BCUT2D eigenvalue weighted by molar-refractivity contribution is 8.06. The Morgan fingerprint density at radius 3 is 3.00 bits per heavy atom. The number of hydrogen-bond donors (Lipinski definition) is 1. The number of para-hydroxylation sites is 1. The van der Waals surface area contributed by atoms with E-state index in [2.05, 4.69) is 47.0 Å². The fourth-order valence-corrected chi connectivity index (χ4v) is 5.07. The smallest absolute Gasteiger partial charge is 0.123 e. The van der Waals surface area contributed by atoms with Gasteiger partial charge < -0.3 is 10.1 Å². The van der Waals surface area contributed by atoms with Crippen molar-refractivity contribution in [2.75, 3.05) is 30.3 Å². The van der Waals surface area contributed by atoms with Crippen molar-refractivity contribution in [1.82, 2.24) is 5.32 Å². The summed E-state index contributed by atoms with van der Waals surface area (Å²) >= 11 is 4.19. The normalized spacial score (nSPS) is 26.7. The molecule has 0 amide bonds. The summed E-state index contributed by atoms with van der Waals surface area (Å²) in [6.07, 6.45) is 1.37. The van der Waals surface area contributed by atoms with E-state index in [1.54, 1.807) is 0 Å². The Morgan fingerprint density at radius 2 is 2.17 bits per heavy atom. The van der Waals surface area contributed by atoms with Crippen LogP contribution in [0.4, 0.5) is 0 Å². The fourth-order valence-electron chi connectivity index (χ4n) is 2.43. The number of ether oxygens (including phenoxy) is 1. The summed E-state index contributed by atoms with van der Waals surface area (Å²) in [6.45, 7) is 2.09. The summed E-state index contributed by atoms with van der Waals surface area (Å²) in [5.74, 6) is 5.00. The van der Waals surface area contributed by atoms with E-state index >= 15 is 0 Å². The maximum atomic E-state index is 5.92. The summed E-state index contributed by atoms with van der Waals surface area (Å²) in [5, 5.41) is 4.36. The van der Waals surface area contributed by atoms with Gasteiger partial charge in [-0.3, -0.25) is 0 Å². The first-order chi connectivity index (χ1) is 8.92. The molecule has 0 bridgehead atoms. The molecule has 2 aliphatic heterocycles. The largest absolute Gasteiger partial charge is 0.488 e. The molecule has 3 rings (SSSR count). The minimum atomic E-state index is 0.323. The lowest BCUT2D eigenvalue weighted by Crippen LogP contribution is -2.36. The Kier molecular flexibility index (Phi) is 4.39. The molecule has 1 aromatic carbocycles. The zero-order chi connectivity index (χ0) is 12.2. The van der Waals surface area contributed by atoms with Gasteiger partial charge in [0.15, 0.2) is 0 Å². The minimum absolute atomic E-state index is 0.323. The fraction of sp³-hybridized carbons (Fsp3) is 0.571. The van der Waals surface area contributed by atoms with Crippen LogP contribution in [0.1, 0.15) is 5.56 Å². The molecule has 1 aromatic rings. The molecule has 1 N–H and O–H groups in total. The highest BCUT2D eigenvalue weighted by Gasteiger charge is 2.22. The van der Waals surface area contributed by atoms with Crippen LogP contribution in [0.5, 0.6) is 5.75 Å². The van der Waals surface area contributed by atoms with Crippen LogP contribution in [0.3, 0.4) is 0 Å². The van der Waals surface area contributed by atoms with Gasteiger partial charge in [-0.05, 0) is 11.6 Å². The third-order valence-electron chi connectivity index (χ3n) is 3.34. The second-order valence-corrected chi connectivity index (χ2v) is 7.34. The van der Waals surface area contributed by atoms with E-state index in [9.17, 15) is 0 Å². The van der Waals surface area contributed by atoms with E-state index in [1.165, 1.54) is 22.8 Å². The van der Waals surface area contributed by atoms with Crippen molar-refractivity contribution in [2.24, 2.45) is 0 Å². The van der Waals surface area contributed by atoms with Crippen molar-refractivity contribution in [1.29, 1.82) is 0 Å². The molecule has 0 saturated carbocycles. The Labute approximate surface area is 117 Å². The topological polar surface area (TPSA) is 21.3 Å². The van der Waals surface area contributed by atoms with Crippen LogP contribution in [0.2, 0.25) is 0 Å². The van der Waals surface area contributed by atoms with Crippen molar-refractivity contribution >= 4 is 23.5 Å². The lowest BCUT2D eigenvalue weighted by atomic mass is 10.1. The van der Waals surface area contributed by atoms with E-state index in [1.807, 2.05) is 6.07 Å². The number of thioether (sulfide) groups is 2. The van der Waals surface area contributed by atoms with Crippen LogP contribution < -0.4 is 10.1 Å². The summed E-state index contributed by atoms with van der Waals surface area (Å²) in [7, 11) is 0. The summed E-state index contributed by atoms with van der Waals surface area (Å²) < 4.78 is 5.92. The second-order valence-electron chi connectivity index (χ2n) is 4.78. The Hall–Kier alpha value is -0.320. The molecule has 2 atom stereocenters. The first-order valence-corrected chi connectivity index (χ1v) is 8.77. The number of nitrogens with one attached hydrogen (secondary N) is 1. The van der Waals surface area contributed by atoms with Crippen molar-refractivity contribution in [3.63, 3.8) is 0 Å². The average molecular weight is 281 g/mol. The predicted molar refractivity (Wildman–Crippen MR) is 81.0 cm³/mol. The monoisotopic (exact) mass is 281 g/mol. The lowest BCUT2D eigenvalue weighted by Gasteiger charge is -2.22. The van der Waals surface area contributed by atoms with Gasteiger partial charge in [0.2, 0.25) is 0 Å². The minimum Gasteiger partial charge on any atom is -0.488 e. The number of hydrogen-bond acceptors (Lipinski definition) is 4. The molecule has 2 unspecified atom stereocenters. The molecule has 0 radical (unpaired) electrons. The maximum Gasteiger partial charge on any atom is 0.123 e. The second kappa shape index (κ2) is 6.22. The van der Waals surface area contributed by atoms with Gasteiger partial charge in [0, 0.05) is 42.0 Å². The van der Waals surface area contributed by atoms with Crippen molar-refractivity contribution < 1.29 is 4.74 Å². The van der Waals surface area contributed by atoms with Crippen LogP contribution in [-0.2, 0) is 6.42 Å². The predicted octanol–water partition coefficient (Wildman–Crippen LogP) is 2.43. The quantitative estimate of drug-likeness (QED) is 0.914. The van der Waals surface area contributed by atoms with Gasteiger partial charge in [-0.1, -0.05) is 18.2 Å². The summed E-state index contributed by atoms with van der Waals surface area (Å²) in [5.41, 5.74) is 1.35. The highest BCUT2D eigenvalue weighted by atomic mass is 32.2. The molecular formula is C14H19NOS2. The number of rotatable bonds is 4. The molecule has 4 heteroatoms. The van der Waals surface area contributed by atoms with Gasteiger partial charge in [-0.25, -0.2) is 0 Å². The van der Waals surface area contributed by atoms with Gasteiger partial charge >= 0.3 is 0 Å². The molecule has 0 aromatic heterocycles. The van der Waals surface area contributed by atoms with Gasteiger partial charge in [-0.15, -0.1) is 0 Å². The lowest BCUT2D eigenvalue weighted by molar-refractivity contribution is 0.228. The third-order valence-corrected chi connectivity index (χ3v) is 6.19. The van der Waals surface area contributed by atoms with E-state index in [-0.39, 0.29) is 0 Å². The molecule has 0 spiro atoms. The Bertz CT molecular complexity index is 368. The van der Waals surface area contributed by atoms with Crippen LogP contribution in [0.25, 0.3) is 0 Å². The zero-order valence-corrected chi connectivity index (χ0v) is 12.1. The van der Waals surface area contributed by atoms with Crippen LogP contribution in [0, 0.1) is 0 Å². The Balaban J connectivity index is 1.40. The van der Waals surface area contributed by atoms with Crippen LogP contribution in [0.15, 0.2) is 24.3 Å². The number of fused-ring (bicyclic) bond motifs is 1. The third kappa shape index (κ3) is 3.16. The first-order valence-electron chi connectivity index (χ1n) is 6.56. The SMILES string of the molecule is c1ccc2c(c1)CC(CNCC1CSCCS1)O2. The molecule has 2 heterocycles. The Morgan fingerprint density at radius 1 is 1.22 bits per heavy atom. The van der Waals surface area contributed by atoms with E-state index in [0.29, 0.717) is 6.10 Å². The standard InChI is InChI=1S/C14H19NOS2/c1-2-4-14-11(3-1)7-12(16-14)8-15-9-13-10-17-5-6-18-13/h1-4,12-13,15H,5-10H2. The zero-order valence-electron chi connectivity index (χ0n) is 10.4. The van der Waals surface area contributed by atoms with Crippen molar-refractivity contribution in [2.45, 2.75) is 17.8 Å². The van der Waals surface area contributed by atoms with Gasteiger partial charge in [0.05, 0.1) is 0 Å². The number of benzene rings is 1. The van der Waals surface area contributed by atoms with E-state index in [0.717, 1.165) is 30.5 Å². The molecular weight excluding hydrogens is 262 g/mol. The van der Waals surface area contributed by atoms with Gasteiger partial charge in [0.1, 0.15) is 11.9 Å². The molecule has 98 valence electrons. The average Bonchev–Trinajstić information content (AvgIpc) is 2.82. The molecule has 0 aliphatic carbocycles. The molecule has 1 fully saturated rings. The van der Waals surface area contributed by atoms with Crippen LogP contribution >= 0.6 is 23.5 Å². The van der Waals surface area contributed by atoms with Gasteiger partial charge in [0.25, 0.3) is 0 Å². The maximum absolute atomic E-state index is 5.92. The molecule has 2 aliphatic rings. The summed E-state index contributed by atoms with van der Waals surface area (Å²) in [6, 6.07) is 8.38. The molecule has 1 saturated heterocycles. The van der Waals surface area contributed by atoms with Crippen molar-refractivity contribution in [3.05, 3.63) is 29.8 Å². The summed E-state index contributed by atoms with van der Waals surface area (Å²) in [4.78, 5) is 0.